The lowest BCUT2D eigenvalue weighted by Gasteiger charge is -2.17. The third-order valence-electron chi connectivity index (χ3n) is 3.41. The van der Waals surface area contributed by atoms with Gasteiger partial charge in [-0.3, -0.25) is 4.98 Å². The number of ether oxygens (including phenoxy) is 1. The molecular weight excluding hydrogens is 264 g/mol. The van der Waals surface area contributed by atoms with E-state index in [2.05, 4.69) is 33.0 Å². The normalized spacial score (nSPS) is 12.3. The molecule has 1 N–H and O–H groups in total. The van der Waals surface area contributed by atoms with Crippen LogP contribution in [0.25, 0.3) is 0 Å². The van der Waals surface area contributed by atoms with Gasteiger partial charge in [-0.25, -0.2) is 4.98 Å². The first-order valence-electron chi connectivity index (χ1n) is 7.49. The van der Waals surface area contributed by atoms with E-state index < -0.39 is 0 Å². The Labute approximate surface area is 126 Å². The number of pyridine rings is 1. The minimum Gasteiger partial charge on any atom is -0.382 e. The van der Waals surface area contributed by atoms with E-state index in [-0.39, 0.29) is 6.04 Å². The molecule has 0 aliphatic rings. The highest BCUT2D eigenvalue weighted by Crippen LogP contribution is 2.22. The van der Waals surface area contributed by atoms with Gasteiger partial charge in [0.05, 0.1) is 11.7 Å². The molecule has 0 saturated heterocycles. The molecule has 1 atom stereocenters. The maximum absolute atomic E-state index is 5.35. The number of nitrogens with one attached hydrogen (secondary N) is 1. The SMILES string of the molecule is CCOCCCNc1nc(C)cn1C(C)c1ccncc1. The van der Waals surface area contributed by atoms with Crippen LogP contribution in [0.2, 0.25) is 0 Å². The van der Waals surface area contributed by atoms with Crippen molar-refractivity contribution in [2.24, 2.45) is 0 Å². The van der Waals surface area contributed by atoms with Crippen LogP contribution in [-0.4, -0.2) is 34.3 Å². The first-order chi connectivity index (χ1) is 10.2. The number of nitrogens with zero attached hydrogens (tertiary/aromatic N) is 3. The third kappa shape index (κ3) is 4.29. The van der Waals surface area contributed by atoms with E-state index in [1.165, 1.54) is 5.56 Å². The van der Waals surface area contributed by atoms with Crippen molar-refractivity contribution in [1.82, 2.24) is 14.5 Å². The molecule has 21 heavy (non-hydrogen) atoms. The van der Waals surface area contributed by atoms with E-state index >= 15 is 0 Å². The second-order valence-corrected chi connectivity index (χ2v) is 5.05. The molecule has 2 aromatic rings. The molecular formula is C16H24N4O. The van der Waals surface area contributed by atoms with Gasteiger partial charge in [0.2, 0.25) is 5.95 Å². The monoisotopic (exact) mass is 288 g/mol. The van der Waals surface area contributed by atoms with Gasteiger partial charge in [0.1, 0.15) is 0 Å². The topological polar surface area (TPSA) is 52.0 Å². The maximum atomic E-state index is 5.35. The zero-order valence-corrected chi connectivity index (χ0v) is 13.0. The van der Waals surface area contributed by atoms with E-state index in [0.717, 1.165) is 37.8 Å². The molecule has 0 radical (unpaired) electrons. The summed E-state index contributed by atoms with van der Waals surface area (Å²) in [6, 6.07) is 4.31. The van der Waals surface area contributed by atoms with Crippen molar-refractivity contribution in [1.29, 1.82) is 0 Å². The van der Waals surface area contributed by atoms with Crippen molar-refractivity contribution in [3.63, 3.8) is 0 Å². The van der Waals surface area contributed by atoms with Gasteiger partial charge < -0.3 is 14.6 Å². The fraction of sp³-hybridized carbons (Fsp3) is 0.500. The van der Waals surface area contributed by atoms with Gasteiger partial charge in [0, 0.05) is 38.3 Å². The van der Waals surface area contributed by atoms with Crippen molar-refractivity contribution in [2.75, 3.05) is 25.1 Å². The van der Waals surface area contributed by atoms with Gasteiger partial charge in [-0.15, -0.1) is 0 Å². The van der Waals surface area contributed by atoms with E-state index in [1.54, 1.807) is 0 Å². The predicted molar refractivity (Wildman–Crippen MR) is 84.6 cm³/mol. The Balaban J connectivity index is 2.02. The molecule has 1 unspecified atom stereocenters. The molecule has 2 aromatic heterocycles. The lowest BCUT2D eigenvalue weighted by Crippen LogP contribution is -2.13. The smallest absolute Gasteiger partial charge is 0.203 e. The van der Waals surface area contributed by atoms with Gasteiger partial charge in [-0.05, 0) is 44.9 Å². The summed E-state index contributed by atoms with van der Waals surface area (Å²) in [5.41, 5.74) is 2.24. The summed E-state index contributed by atoms with van der Waals surface area (Å²) in [4.78, 5) is 8.64. The Morgan fingerprint density at radius 1 is 1.33 bits per heavy atom. The molecule has 0 aliphatic heterocycles. The minimum absolute atomic E-state index is 0.226. The summed E-state index contributed by atoms with van der Waals surface area (Å²) in [6.07, 6.45) is 6.70. The summed E-state index contributed by atoms with van der Waals surface area (Å²) >= 11 is 0. The number of hydrogen-bond donors (Lipinski definition) is 1. The Hall–Kier alpha value is -1.88. The third-order valence-corrected chi connectivity index (χ3v) is 3.41. The minimum atomic E-state index is 0.226. The predicted octanol–water partition coefficient (Wildman–Crippen LogP) is 3.03. The van der Waals surface area contributed by atoms with Gasteiger partial charge in [0.25, 0.3) is 0 Å². The zero-order chi connectivity index (χ0) is 15.1. The van der Waals surface area contributed by atoms with Crippen molar-refractivity contribution < 1.29 is 4.74 Å². The average Bonchev–Trinajstić information content (AvgIpc) is 2.88. The summed E-state index contributed by atoms with van der Waals surface area (Å²) in [7, 11) is 0. The lowest BCUT2D eigenvalue weighted by atomic mass is 10.1. The Morgan fingerprint density at radius 2 is 2.10 bits per heavy atom. The molecule has 0 bridgehead atoms. The number of hydrogen-bond acceptors (Lipinski definition) is 4. The van der Waals surface area contributed by atoms with Crippen molar-refractivity contribution in [2.45, 2.75) is 33.2 Å². The number of anilines is 1. The average molecular weight is 288 g/mol. The fourth-order valence-electron chi connectivity index (χ4n) is 2.26. The summed E-state index contributed by atoms with van der Waals surface area (Å²) in [6.45, 7) is 8.61. The van der Waals surface area contributed by atoms with Crippen LogP contribution in [-0.2, 0) is 4.74 Å². The first-order valence-corrected chi connectivity index (χ1v) is 7.49. The zero-order valence-electron chi connectivity index (χ0n) is 13.0. The Kier molecular flexibility index (Phi) is 5.75. The molecule has 0 fully saturated rings. The molecule has 2 rings (SSSR count). The highest BCUT2D eigenvalue weighted by molar-refractivity contribution is 5.32. The number of imidazole rings is 1. The second-order valence-electron chi connectivity index (χ2n) is 5.05. The van der Waals surface area contributed by atoms with Crippen molar-refractivity contribution >= 4 is 5.95 Å². The number of aromatic nitrogens is 3. The lowest BCUT2D eigenvalue weighted by molar-refractivity contribution is 0.147. The van der Waals surface area contributed by atoms with Gasteiger partial charge >= 0.3 is 0 Å². The van der Waals surface area contributed by atoms with Crippen LogP contribution in [0.4, 0.5) is 5.95 Å². The van der Waals surface area contributed by atoms with Crippen LogP contribution in [0, 0.1) is 6.92 Å². The van der Waals surface area contributed by atoms with Gasteiger partial charge in [-0.1, -0.05) is 0 Å². The Morgan fingerprint density at radius 3 is 2.81 bits per heavy atom. The van der Waals surface area contributed by atoms with Crippen molar-refractivity contribution in [3.05, 3.63) is 42.0 Å². The van der Waals surface area contributed by atoms with Crippen LogP contribution in [0.15, 0.2) is 30.7 Å². The maximum Gasteiger partial charge on any atom is 0.203 e. The highest BCUT2D eigenvalue weighted by atomic mass is 16.5. The van der Waals surface area contributed by atoms with E-state index in [0.29, 0.717) is 0 Å². The molecule has 0 aromatic carbocycles. The quantitative estimate of drug-likeness (QED) is 0.759. The van der Waals surface area contributed by atoms with Gasteiger partial charge in [0.15, 0.2) is 0 Å². The van der Waals surface area contributed by atoms with Crippen LogP contribution in [0.5, 0.6) is 0 Å². The van der Waals surface area contributed by atoms with Crippen LogP contribution >= 0.6 is 0 Å². The van der Waals surface area contributed by atoms with Crippen LogP contribution < -0.4 is 5.32 Å². The van der Waals surface area contributed by atoms with Crippen molar-refractivity contribution in [3.8, 4) is 0 Å². The fourth-order valence-corrected chi connectivity index (χ4v) is 2.26. The Bertz CT molecular complexity index is 538. The number of rotatable bonds is 8. The van der Waals surface area contributed by atoms with E-state index in [4.69, 9.17) is 4.74 Å². The molecule has 0 saturated carbocycles. The van der Waals surface area contributed by atoms with Crippen LogP contribution in [0.1, 0.15) is 37.6 Å². The molecule has 0 spiro atoms. The molecule has 0 amide bonds. The summed E-state index contributed by atoms with van der Waals surface area (Å²) in [5, 5.41) is 3.40. The molecule has 5 nitrogen and oxygen atoms in total. The first kappa shape index (κ1) is 15.5. The molecule has 114 valence electrons. The second kappa shape index (κ2) is 7.78. The molecule has 2 heterocycles. The number of aryl methyl sites for hydroxylation is 1. The molecule has 5 heteroatoms. The van der Waals surface area contributed by atoms with Gasteiger partial charge in [-0.2, -0.15) is 0 Å². The van der Waals surface area contributed by atoms with E-state index in [9.17, 15) is 0 Å². The van der Waals surface area contributed by atoms with E-state index in [1.807, 2.05) is 38.4 Å². The van der Waals surface area contributed by atoms with Crippen LogP contribution in [0.3, 0.4) is 0 Å². The largest absolute Gasteiger partial charge is 0.382 e. The summed E-state index contributed by atoms with van der Waals surface area (Å²) in [5.74, 6) is 0.910. The summed E-state index contributed by atoms with van der Waals surface area (Å²) < 4.78 is 7.52. The molecule has 0 aliphatic carbocycles. The standard InChI is InChI=1S/C16H24N4O/c1-4-21-11-5-8-18-16-19-13(2)12-20(16)14(3)15-6-9-17-10-7-15/h6-7,9-10,12,14H,4-5,8,11H2,1-3H3,(H,18,19). The highest BCUT2D eigenvalue weighted by Gasteiger charge is 2.13.